The smallest absolute Gasteiger partial charge is 0.418 e. The second-order valence-corrected chi connectivity index (χ2v) is 14.2. The maximum atomic E-state index is 15.3. The highest BCUT2D eigenvalue weighted by atomic mass is 32.3. The number of carbonyl (C=O) groups excluding carboxylic acids is 2. The fourth-order valence-electron chi connectivity index (χ4n) is 5.32. The topological polar surface area (TPSA) is 255 Å². The van der Waals surface area contributed by atoms with Crippen molar-refractivity contribution in [1.29, 1.82) is 5.26 Å². The number of anilines is 1. The van der Waals surface area contributed by atoms with Crippen LogP contribution in [0.5, 0.6) is 0 Å². The number of aliphatic hydroxyl groups is 1. The Morgan fingerprint density at radius 2 is 1.83 bits per heavy atom. The number of likely N-dealkylation sites (N-methyl/N-ethyl adjacent to an activating group) is 1. The molecule has 1 unspecified atom stereocenters. The summed E-state index contributed by atoms with van der Waals surface area (Å²) in [6.07, 6.45) is 2.46. The Bertz CT molecular complexity index is 2390. The van der Waals surface area contributed by atoms with E-state index in [1.165, 1.54) is 53.5 Å². The average Bonchev–Trinajstić information content (AvgIpc) is 3.87. The summed E-state index contributed by atoms with van der Waals surface area (Å²) in [7, 11) is -1.93. The molecule has 0 fully saturated rings. The molecule has 0 saturated carbocycles. The minimum absolute atomic E-state index is 0.153. The van der Waals surface area contributed by atoms with Crippen LogP contribution >= 0.6 is 11.3 Å². The van der Waals surface area contributed by atoms with Gasteiger partial charge in [-0.1, -0.05) is 25.1 Å². The van der Waals surface area contributed by atoms with Crippen LogP contribution in [0.2, 0.25) is 0 Å². The summed E-state index contributed by atoms with van der Waals surface area (Å²) in [4.78, 5) is 45.8. The van der Waals surface area contributed by atoms with Gasteiger partial charge in [0.2, 0.25) is 12.6 Å². The third-order valence-corrected chi connectivity index (χ3v) is 9.38. The number of benzene rings is 2. The molecular weight excluding hydrogens is 809 g/mol. The lowest BCUT2D eigenvalue weighted by Gasteiger charge is -2.32. The molecule has 0 aliphatic carbocycles. The normalized spacial score (nSPS) is 13.1. The highest BCUT2D eigenvalue weighted by Crippen LogP contribution is 2.41. The van der Waals surface area contributed by atoms with Crippen molar-refractivity contribution in [2.45, 2.75) is 44.7 Å². The van der Waals surface area contributed by atoms with Crippen molar-refractivity contribution in [3.05, 3.63) is 117 Å². The molecule has 0 radical (unpaired) electrons. The average molecular weight is 845 g/mol. The molecule has 19 nitrogen and oxygen atoms in total. The first-order chi connectivity index (χ1) is 27.3. The molecule has 2 aromatic carbocycles. The van der Waals surface area contributed by atoms with Crippen LogP contribution in [0.4, 0.5) is 19.4 Å². The molecule has 0 bridgehead atoms. The Kier molecular flexibility index (Phi) is 14.7. The number of amides is 1. The van der Waals surface area contributed by atoms with Gasteiger partial charge in [-0.15, -0.1) is 20.9 Å². The number of carbonyl (C=O) groups is 2. The Balaban J connectivity index is 0.00000140. The van der Waals surface area contributed by atoms with Crippen molar-refractivity contribution in [3.63, 3.8) is 0 Å². The zero-order valence-corrected chi connectivity index (χ0v) is 32.7. The van der Waals surface area contributed by atoms with Crippen LogP contribution < -0.4 is 9.47 Å². The van der Waals surface area contributed by atoms with E-state index in [2.05, 4.69) is 26.4 Å². The summed E-state index contributed by atoms with van der Waals surface area (Å²) in [5.74, 6) is -3.01. The Hall–Kier alpha value is -6.32. The van der Waals surface area contributed by atoms with E-state index in [0.29, 0.717) is 21.8 Å². The van der Waals surface area contributed by atoms with Gasteiger partial charge in [0.15, 0.2) is 0 Å². The molecule has 0 aliphatic heterocycles. The number of nitrogens with zero attached hydrogens (tertiary/aromatic N) is 9. The molecule has 5 rings (SSSR count). The van der Waals surface area contributed by atoms with Crippen molar-refractivity contribution in [1.82, 2.24) is 24.8 Å². The number of nitriles is 1. The molecule has 0 aliphatic rings. The minimum atomic E-state index is -4.67. The lowest BCUT2D eigenvalue weighted by atomic mass is 9.82. The van der Waals surface area contributed by atoms with Gasteiger partial charge >= 0.3 is 22.5 Å². The fourth-order valence-corrected chi connectivity index (χ4v) is 6.29. The minimum Gasteiger partial charge on any atom is -0.459 e. The molecular formula is C35H36F2N9O10S2+. The Morgan fingerprint density at radius 3 is 2.48 bits per heavy atom. The zero-order valence-electron chi connectivity index (χ0n) is 31.1. The van der Waals surface area contributed by atoms with E-state index in [1.54, 1.807) is 55.6 Å². The van der Waals surface area contributed by atoms with Gasteiger partial charge in [0.25, 0.3) is 6.33 Å². The Morgan fingerprint density at radius 1 is 1.14 bits per heavy atom. The van der Waals surface area contributed by atoms with E-state index >= 15 is 4.39 Å². The third kappa shape index (κ3) is 11.8. The first-order valence-electron chi connectivity index (χ1n) is 16.7. The van der Waals surface area contributed by atoms with Gasteiger partial charge in [0.05, 0.1) is 27.6 Å². The van der Waals surface area contributed by atoms with Crippen molar-refractivity contribution in [3.8, 4) is 17.3 Å². The number of thiazole rings is 1. The number of ether oxygens (including phenoxy) is 2. The van der Waals surface area contributed by atoms with E-state index in [1.807, 2.05) is 0 Å². The van der Waals surface area contributed by atoms with Gasteiger partial charge < -0.3 is 14.6 Å². The predicted molar refractivity (Wildman–Crippen MR) is 200 cm³/mol. The molecule has 5 aromatic rings. The van der Waals surface area contributed by atoms with E-state index < -0.39 is 51.8 Å². The summed E-state index contributed by atoms with van der Waals surface area (Å²) < 4.78 is 75.0. The van der Waals surface area contributed by atoms with Crippen molar-refractivity contribution >= 4 is 39.6 Å². The monoisotopic (exact) mass is 844 g/mol. The molecule has 3 aromatic heterocycles. The standard InChI is InChI=1S/C35H34F2N9O6S.H2O4S/c1-22(33-41-30(18-53-33)25-9-7-24(15-38)8-10-25)35(49,28-14-27(36)11-12-29(28)37)19-46-21-45(20-40-46)23(2)52-34(48)44(4)32-26(6-5-13-39-32)17-51-31(47)16-43(3)42-50;1-5(2,3)4/h5-14,18,20-23,49H,16-17,19H2,1-4H3;(H2,1,2,3,4)/q+1;/t22-,23?,35+;/m0./s1. The highest BCUT2D eigenvalue weighted by Gasteiger charge is 2.43. The fraction of sp³-hybridized carbons (Fsp3) is 0.286. The first kappa shape index (κ1) is 44.4. The van der Waals surface area contributed by atoms with Gasteiger partial charge in [-0.05, 0) is 36.4 Å². The predicted octanol–water partition coefficient (Wildman–Crippen LogP) is 4.33. The molecule has 3 atom stereocenters. The summed E-state index contributed by atoms with van der Waals surface area (Å²) in [5.41, 5.74) is -0.169. The van der Waals surface area contributed by atoms with Crippen molar-refractivity contribution in [2.75, 3.05) is 25.5 Å². The lowest BCUT2D eigenvalue weighted by Crippen LogP contribution is -2.42. The third-order valence-electron chi connectivity index (χ3n) is 8.35. The molecule has 306 valence electrons. The molecule has 0 saturated heterocycles. The molecule has 3 N–H and O–H groups in total. The van der Waals surface area contributed by atoms with E-state index in [0.717, 1.165) is 33.7 Å². The van der Waals surface area contributed by atoms with Gasteiger partial charge in [0, 0.05) is 60.3 Å². The summed E-state index contributed by atoms with van der Waals surface area (Å²) in [6, 6.07) is 14.9. The lowest BCUT2D eigenvalue weighted by molar-refractivity contribution is -0.753. The molecule has 3 heterocycles. The number of hydrogen-bond acceptors (Lipinski definition) is 14. The van der Waals surface area contributed by atoms with Crippen LogP contribution in [-0.2, 0) is 43.4 Å². The van der Waals surface area contributed by atoms with Crippen molar-refractivity contribution in [2.24, 2.45) is 5.29 Å². The van der Waals surface area contributed by atoms with Crippen LogP contribution in [0.3, 0.4) is 0 Å². The van der Waals surface area contributed by atoms with Gasteiger partial charge in [-0.25, -0.2) is 23.5 Å². The van der Waals surface area contributed by atoms with Crippen LogP contribution in [0, 0.1) is 27.9 Å². The number of aromatic nitrogens is 5. The van der Waals surface area contributed by atoms with Crippen molar-refractivity contribution < 1.29 is 55.0 Å². The molecule has 23 heteroatoms. The second-order valence-electron chi connectivity index (χ2n) is 12.5. The van der Waals surface area contributed by atoms with Gasteiger partial charge in [-0.2, -0.15) is 18.2 Å². The Labute approximate surface area is 333 Å². The largest absolute Gasteiger partial charge is 0.459 e. The molecule has 58 heavy (non-hydrogen) atoms. The molecule has 0 spiro atoms. The molecule has 1 amide bonds. The number of rotatable bonds is 14. The number of hydrogen-bond donors (Lipinski definition) is 3. The van der Waals surface area contributed by atoms with Gasteiger partial charge in [-0.3, -0.25) is 23.8 Å². The first-order valence-corrected chi connectivity index (χ1v) is 19.0. The maximum Gasteiger partial charge on any atom is 0.418 e. The van der Waals surface area contributed by atoms with E-state index in [4.69, 9.17) is 32.3 Å². The number of nitroso groups, excluding NO2 is 1. The number of esters is 1. The number of pyridine rings is 1. The summed E-state index contributed by atoms with van der Waals surface area (Å²) >= 11 is 1.23. The summed E-state index contributed by atoms with van der Waals surface area (Å²) in [6.45, 7) is 2.27. The number of halogens is 2. The second kappa shape index (κ2) is 19.2. The van der Waals surface area contributed by atoms with Crippen LogP contribution in [0.25, 0.3) is 11.3 Å². The SMILES string of the molecule is CC(OC(=O)N(C)c1ncccc1COC(=O)CN(C)N=O)[n+]1cnn(C[C@](O)(c2cc(F)ccc2F)[C@@H](C)c2nc(-c3ccc(C#N)cc3)cs2)c1.O=S(=O)(O)O. The van der Waals surface area contributed by atoms with E-state index in [-0.39, 0.29) is 31.1 Å². The maximum absolute atomic E-state index is 15.3. The highest BCUT2D eigenvalue weighted by molar-refractivity contribution is 7.79. The van der Waals surface area contributed by atoms with E-state index in [9.17, 15) is 24.0 Å². The van der Waals surface area contributed by atoms with Crippen LogP contribution in [0.1, 0.15) is 47.7 Å². The summed E-state index contributed by atoms with van der Waals surface area (Å²) in [5, 5.41) is 31.4. The van der Waals surface area contributed by atoms with Crippen LogP contribution in [-0.4, -0.2) is 80.1 Å². The van der Waals surface area contributed by atoms with Crippen LogP contribution in [0.15, 0.2) is 84.1 Å². The van der Waals surface area contributed by atoms with Gasteiger partial charge in [0.1, 0.15) is 42.7 Å². The quantitative estimate of drug-likeness (QED) is 0.0462. The zero-order chi connectivity index (χ0) is 42.8.